The molecule has 2 rings (SSSR count). The molecule has 0 radical (unpaired) electrons. The molecule has 0 aliphatic heterocycles. The van der Waals surface area contributed by atoms with Gasteiger partial charge < -0.3 is 0 Å². The molecule has 0 spiro atoms. The van der Waals surface area contributed by atoms with Gasteiger partial charge in [-0.05, 0) is 49.9 Å². The van der Waals surface area contributed by atoms with Crippen molar-refractivity contribution < 1.29 is 0 Å². The minimum atomic E-state index is 0.393. The van der Waals surface area contributed by atoms with Gasteiger partial charge in [-0.2, -0.15) is 0 Å². The quantitative estimate of drug-likeness (QED) is 0.594. The summed E-state index contributed by atoms with van der Waals surface area (Å²) in [6, 6.07) is 0. The van der Waals surface area contributed by atoms with Crippen molar-refractivity contribution in [3.8, 4) is 0 Å². The van der Waals surface area contributed by atoms with Gasteiger partial charge in [-0.3, -0.25) is 0 Å². The van der Waals surface area contributed by atoms with Crippen LogP contribution in [0.3, 0.4) is 0 Å². The summed E-state index contributed by atoms with van der Waals surface area (Å²) in [5.41, 5.74) is 1.18. The van der Waals surface area contributed by atoms with E-state index in [1.54, 1.807) is 0 Å². The van der Waals surface area contributed by atoms with E-state index < -0.39 is 0 Å². The lowest BCUT2D eigenvalue weighted by Crippen LogP contribution is -2.23. The van der Waals surface area contributed by atoms with E-state index in [0.717, 1.165) is 0 Å². The molecule has 0 nitrogen and oxygen atoms in total. The van der Waals surface area contributed by atoms with Crippen LogP contribution in [0.1, 0.15) is 58.8 Å². The SMILES string of the molecule is CC(Cl)C1(CC2(C)CCCC2)CC1. The second kappa shape index (κ2) is 3.15. The molecule has 2 aliphatic rings. The molecule has 0 heterocycles. The highest BCUT2D eigenvalue weighted by atomic mass is 35.5. The van der Waals surface area contributed by atoms with Crippen molar-refractivity contribution in [2.45, 2.75) is 64.2 Å². The molecule has 2 fully saturated rings. The second-order valence-corrected chi connectivity index (χ2v) is 6.33. The third kappa shape index (κ3) is 1.88. The molecule has 0 aromatic carbocycles. The largest absolute Gasteiger partial charge is 0.123 e. The number of hydrogen-bond donors (Lipinski definition) is 0. The van der Waals surface area contributed by atoms with Crippen LogP contribution in [0.2, 0.25) is 0 Å². The molecular formula is C12H21Cl. The van der Waals surface area contributed by atoms with Gasteiger partial charge in [-0.25, -0.2) is 0 Å². The predicted octanol–water partition coefficient (Wildman–Crippen LogP) is 4.36. The number of alkyl halides is 1. The Bertz CT molecular complexity index is 185. The molecule has 1 atom stereocenters. The smallest absolute Gasteiger partial charge is 0.0364 e. The average Bonchev–Trinajstić information content (AvgIpc) is 2.69. The topological polar surface area (TPSA) is 0 Å². The van der Waals surface area contributed by atoms with Crippen molar-refractivity contribution in [1.82, 2.24) is 0 Å². The number of hydrogen-bond acceptors (Lipinski definition) is 0. The minimum Gasteiger partial charge on any atom is -0.123 e. The van der Waals surface area contributed by atoms with E-state index in [0.29, 0.717) is 16.2 Å². The average molecular weight is 201 g/mol. The van der Waals surface area contributed by atoms with Gasteiger partial charge >= 0.3 is 0 Å². The van der Waals surface area contributed by atoms with Gasteiger partial charge in [-0.15, -0.1) is 11.6 Å². The fourth-order valence-electron chi connectivity index (χ4n) is 3.13. The Labute approximate surface area is 87.0 Å². The summed E-state index contributed by atoms with van der Waals surface area (Å²) in [4.78, 5) is 0. The van der Waals surface area contributed by atoms with Crippen molar-refractivity contribution in [2.24, 2.45) is 10.8 Å². The number of rotatable bonds is 3. The lowest BCUT2D eigenvalue weighted by atomic mass is 9.77. The van der Waals surface area contributed by atoms with Crippen molar-refractivity contribution in [1.29, 1.82) is 0 Å². The maximum absolute atomic E-state index is 6.27. The van der Waals surface area contributed by atoms with E-state index in [1.165, 1.54) is 44.9 Å². The van der Waals surface area contributed by atoms with E-state index in [2.05, 4.69) is 13.8 Å². The van der Waals surface area contributed by atoms with Crippen molar-refractivity contribution in [3.63, 3.8) is 0 Å². The summed E-state index contributed by atoms with van der Waals surface area (Å²) in [6.07, 6.45) is 9.94. The molecule has 0 bridgehead atoms. The molecular weight excluding hydrogens is 180 g/mol. The summed E-state index contributed by atoms with van der Waals surface area (Å²) in [5, 5.41) is 0.393. The normalized spacial score (nSPS) is 31.6. The van der Waals surface area contributed by atoms with E-state index in [-0.39, 0.29) is 0 Å². The van der Waals surface area contributed by atoms with Gasteiger partial charge in [0.2, 0.25) is 0 Å². The summed E-state index contributed by atoms with van der Waals surface area (Å²) in [5.74, 6) is 0. The minimum absolute atomic E-state index is 0.393. The van der Waals surface area contributed by atoms with Crippen LogP contribution in [0.4, 0.5) is 0 Å². The van der Waals surface area contributed by atoms with Crippen LogP contribution >= 0.6 is 11.6 Å². The Morgan fingerprint density at radius 1 is 1.15 bits per heavy atom. The maximum atomic E-state index is 6.27. The van der Waals surface area contributed by atoms with Crippen LogP contribution in [0.5, 0.6) is 0 Å². The zero-order valence-corrected chi connectivity index (χ0v) is 9.66. The number of halogens is 1. The summed E-state index contributed by atoms with van der Waals surface area (Å²) >= 11 is 6.27. The molecule has 1 heteroatoms. The highest BCUT2D eigenvalue weighted by Crippen LogP contribution is 2.60. The van der Waals surface area contributed by atoms with Crippen molar-refractivity contribution >= 4 is 11.6 Å². The first-order valence-corrected chi connectivity index (χ1v) is 6.14. The first kappa shape index (κ1) is 9.83. The lowest BCUT2D eigenvalue weighted by molar-refractivity contribution is 0.230. The van der Waals surface area contributed by atoms with Gasteiger partial charge in [0.25, 0.3) is 0 Å². The lowest BCUT2D eigenvalue weighted by Gasteiger charge is -2.30. The van der Waals surface area contributed by atoms with E-state index in [9.17, 15) is 0 Å². The molecule has 0 N–H and O–H groups in total. The Hall–Kier alpha value is 0.290. The van der Waals surface area contributed by atoms with Gasteiger partial charge in [0, 0.05) is 5.38 Å². The Balaban J connectivity index is 1.96. The molecule has 0 amide bonds. The van der Waals surface area contributed by atoms with Gasteiger partial charge in [-0.1, -0.05) is 19.8 Å². The van der Waals surface area contributed by atoms with Crippen molar-refractivity contribution in [2.75, 3.05) is 0 Å². The van der Waals surface area contributed by atoms with Crippen LogP contribution < -0.4 is 0 Å². The second-order valence-electron chi connectivity index (χ2n) is 5.67. The Kier molecular flexibility index (Phi) is 2.38. The predicted molar refractivity (Wildman–Crippen MR) is 58.2 cm³/mol. The van der Waals surface area contributed by atoms with Crippen LogP contribution in [0.25, 0.3) is 0 Å². The van der Waals surface area contributed by atoms with Gasteiger partial charge in [0.05, 0.1) is 0 Å². The van der Waals surface area contributed by atoms with E-state index in [1.807, 2.05) is 0 Å². The van der Waals surface area contributed by atoms with Crippen LogP contribution in [-0.2, 0) is 0 Å². The molecule has 0 saturated heterocycles. The first-order chi connectivity index (χ1) is 6.06. The Morgan fingerprint density at radius 3 is 2.08 bits per heavy atom. The van der Waals surface area contributed by atoms with Gasteiger partial charge in [0.1, 0.15) is 0 Å². The van der Waals surface area contributed by atoms with Crippen molar-refractivity contribution in [3.05, 3.63) is 0 Å². The molecule has 2 aliphatic carbocycles. The first-order valence-electron chi connectivity index (χ1n) is 5.71. The fraction of sp³-hybridized carbons (Fsp3) is 1.00. The molecule has 13 heavy (non-hydrogen) atoms. The zero-order valence-electron chi connectivity index (χ0n) is 8.91. The third-order valence-corrected chi connectivity index (χ3v) is 4.79. The highest BCUT2D eigenvalue weighted by molar-refractivity contribution is 6.21. The van der Waals surface area contributed by atoms with Gasteiger partial charge in [0.15, 0.2) is 0 Å². The molecule has 76 valence electrons. The van der Waals surface area contributed by atoms with E-state index in [4.69, 9.17) is 11.6 Å². The highest BCUT2D eigenvalue weighted by Gasteiger charge is 2.50. The third-order valence-electron chi connectivity index (χ3n) is 4.33. The Morgan fingerprint density at radius 2 is 1.69 bits per heavy atom. The van der Waals surface area contributed by atoms with Crippen LogP contribution in [0, 0.1) is 10.8 Å². The summed E-state index contributed by atoms with van der Waals surface area (Å²) in [6.45, 7) is 4.66. The molecule has 0 aromatic rings. The fourth-order valence-corrected chi connectivity index (χ4v) is 3.43. The monoisotopic (exact) mass is 200 g/mol. The molecule has 1 unspecified atom stereocenters. The van der Waals surface area contributed by atoms with Crippen LogP contribution in [-0.4, -0.2) is 5.38 Å². The van der Waals surface area contributed by atoms with Crippen LogP contribution in [0.15, 0.2) is 0 Å². The molecule has 0 aromatic heterocycles. The summed E-state index contributed by atoms with van der Waals surface area (Å²) < 4.78 is 0. The molecule has 2 saturated carbocycles. The standard InChI is InChI=1S/C12H21Cl/c1-10(13)12(7-8-12)9-11(2)5-3-4-6-11/h10H,3-9H2,1-2H3. The summed E-state index contributed by atoms with van der Waals surface area (Å²) in [7, 11) is 0. The zero-order chi connectivity index (χ0) is 9.53. The van der Waals surface area contributed by atoms with E-state index >= 15 is 0 Å². The maximum Gasteiger partial charge on any atom is 0.0364 e.